The fourth-order valence-corrected chi connectivity index (χ4v) is 0.766. The zero-order valence-electron chi connectivity index (χ0n) is 5.74. The van der Waals surface area contributed by atoms with Crippen molar-refractivity contribution in [2.75, 3.05) is 7.11 Å². The maximum atomic E-state index is 5.06. The van der Waals surface area contributed by atoms with Gasteiger partial charge in [0, 0.05) is 13.2 Å². The normalized spacial score (nSPS) is 9.11. The van der Waals surface area contributed by atoms with Gasteiger partial charge < -0.3 is 4.65 Å². The van der Waals surface area contributed by atoms with Gasteiger partial charge in [0.05, 0.1) is 0 Å². The highest BCUT2D eigenvalue weighted by atomic mass is 16.4. The van der Waals surface area contributed by atoms with Gasteiger partial charge in [-0.05, 0) is 6.07 Å². The molecule has 1 rings (SSSR count). The van der Waals surface area contributed by atoms with E-state index < -0.39 is 0 Å². The van der Waals surface area contributed by atoms with Gasteiger partial charge in [0.1, 0.15) is 13.6 Å². The summed E-state index contributed by atoms with van der Waals surface area (Å²) in [4.78, 5) is 0. The predicted molar refractivity (Wildman–Crippen MR) is 36.1 cm³/mol. The van der Waals surface area contributed by atoms with Crippen LogP contribution >= 0.6 is 0 Å². The second-order valence-electron chi connectivity index (χ2n) is 2.05. The summed E-state index contributed by atoms with van der Waals surface area (Å²) in [6.07, 6.45) is 3.98. The first-order chi connectivity index (χ1) is 4.33. The first-order valence-corrected chi connectivity index (χ1v) is 2.94. The average molecular weight is 123 g/mol. The zero-order valence-corrected chi connectivity index (χ0v) is 5.74. The Bertz CT molecular complexity index is 202. The molecule has 0 unspecified atom stereocenters. The molecule has 48 valence electrons. The molecule has 0 amide bonds. The van der Waals surface area contributed by atoms with Gasteiger partial charge in [-0.25, -0.2) is 10.5 Å². The Morgan fingerprint density at radius 1 is 1.56 bits per heavy atom. The van der Waals surface area contributed by atoms with Gasteiger partial charge in [-0.2, -0.15) is 0 Å². The van der Waals surface area contributed by atoms with Crippen LogP contribution in [-0.2, 0) is 7.05 Å². The molecule has 0 saturated carbocycles. The average Bonchev–Trinajstić information content (AvgIpc) is 1.88. The van der Waals surface area contributed by atoms with Crippen molar-refractivity contribution in [1.82, 2.24) is 0 Å². The lowest BCUT2D eigenvalue weighted by molar-refractivity contribution is -0.669. The second-order valence-corrected chi connectivity index (χ2v) is 2.05. The van der Waals surface area contributed by atoms with Gasteiger partial charge in [0.15, 0.2) is 6.20 Å². The first kappa shape index (κ1) is 6.27. The van der Waals surface area contributed by atoms with Gasteiger partial charge in [-0.3, -0.25) is 0 Å². The summed E-state index contributed by atoms with van der Waals surface area (Å²) in [6.45, 7) is 0.153. The van der Waals surface area contributed by atoms with Crippen molar-refractivity contribution >= 4 is 6.55 Å². The molecule has 2 nitrogen and oxygen atoms in total. The smallest absolute Gasteiger partial charge is 0.161 e. The van der Waals surface area contributed by atoms with Crippen molar-refractivity contribution in [2.45, 2.75) is 0 Å². The van der Waals surface area contributed by atoms with Gasteiger partial charge in [0.25, 0.3) is 0 Å². The van der Waals surface area contributed by atoms with E-state index in [1.54, 1.807) is 7.11 Å². The second kappa shape index (κ2) is 2.62. The van der Waals surface area contributed by atoms with E-state index in [1.807, 2.05) is 35.9 Å². The van der Waals surface area contributed by atoms with Crippen LogP contribution in [0.25, 0.3) is 0 Å². The number of hydrogen-bond donors (Lipinski definition) is 0. The minimum atomic E-state index is 0.153. The van der Waals surface area contributed by atoms with Crippen LogP contribution < -0.4 is 9.22 Å². The molecule has 1 aromatic heterocycles. The van der Waals surface area contributed by atoms with Gasteiger partial charge in [-0.1, -0.05) is 0 Å². The van der Waals surface area contributed by atoms with Crippen molar-refractivity contribution in [3.8, 4) is 0 Å². The fourth-order valence-electron chi connectivity index (χ4n) is 0.766. The summed E-state index contributed by atoms with van der Waals surface area (Å²) in [5, 5.41) is 0. The summed E-state index contributed by atoms with van der Waals surface area (Å²) in [5.41, 5.74) is 0. The topological polar surface area (TPSA) is 13.1 Å². The van der Waals surface area contributed by atoms with E-state index in [2.05, 4.69) is 0 Å². The molecule has 0 spiro atoms. The van der Waals surface area contributed by atoms with Crippen LogP contribution in [0.15, 0.2) is 24.3 Å². The highest BCUT2D eigenvalue weighted by molar-refractivity contribution is 6.42. The number of nitrogens with zero attached hydrogens (tertiary/aromatic N) is 1. The van der Waals surface area contributed by atoms with Crippen molar-refractivity contribution in [3.05, 3.63) is 24.3 Å². The van der Waals surface area contributed by atoms with Gasteiger partial charge in [0.2, 0.25) is 0 Å². The maximum Gasteiger partial charge on any atom is 0.161 e. The highest BCUT2D eigenvalue weighted by Gasteiger charge is 1.83. The van der Waals surface area contributed by atoms with E-state index in [-0.39, 0.29) is 6.55 Å². The van der Waals surface area contributed by atoms with Crippen LogP contribution in [0, 0.1) is 0 Å². The molecule has 0 radical (unpaired) electrons. The van der Waals surface area contributed by atoms with Crippen molar-refractivity contribution < 1.29 is 9.22 Å². The molecule has 1 heterocycles. The van der Waals surface area contributed by atoms with E-state index in [1.165, 1.54) is 0 Å². The van der Waals surface area contributed by atoms with Gasteiger partial charge in [-0.15, -0.1) is 0 Å². The summed E-state index contributed by atoms with van der Waals surface area (Å²) in [5.74, 6) is 2.00. The Morgan fingerprint density at radius 2 is 2.33 bits per heavy atom. The molecule has 0 aliphatic carbocycles. The van der Waals surface area contributed by atoms with Crippen LogP contribution in [0.5, 0.6) is 0 Å². The fraction of sp³-hybridized carbons (Fsp3) is 0.333. The monoisotopic (exact) mass is 123 g/mol. The lowest BCUT2D eigenvalue weighted by Gasteiger charge is -2.07. The van der Waals surface area contributed by atoms with Crippen molar-refractivity contribution in [2.24, 2.45) is 7.05 Å². The summed E-state index contributed by atoms with van der Waals surface area (Å²) >= 11 is 0. The van der Waals surface area contributed by atoms with Gasteiger partial charge >= 0.3 is 0 Å². The largest absolute Gasteiger partial charge is 0.747 e. The van der Waals surface area contributed by atoms with E-state index in [0.717, 1.165) is 0 Å². The third-order valence-electron chi connectivity index (χ3n) is 1.28. The molecular formula is C6H10BNO. The number of hydrogen-bond acceptors (Lipinski definition) is 1. The SMILES string of the molecule is CO[b-]1ccc[n+](C)c1. The standard InChI is InChI=1S/C6H10BNO/c1-8-5-3-4-7(6-8)9-2/h3-6H,1-2H3. The number of aryl methyl sites for hydroxylation is 1. The molecule has 1 aromatic rings. The Hall–Kier alpha value is -0.855. The van der Waals surface area contributed by atoms with E-state index in [4.69, 9.17) is 4.65 Å². The predicted octanol–water partition coefficient (Wildman–Crippen LogP) is -0.405. The first-order valence-electron chi connectivity index (χ1n) is 2.94. The molecule has 0 aliphatic rings. The maximum absolute atomic E-state index is 5.06. The molecule has 0 bridgehead atoms. The Morgan fingerprint density at radius 3 is 2.78 bits per heavy atom. The van der Waals surface area contributed by atoms with Crippen molar-refractivity contribution in [1.29, 1.82) is 0 Å². The van der Waals surface area contributed by atoms with Crippen molar-refractivity contribution in [3.63, 3.8) is 0 Å². The molecule has 0 atom stereocenters. The molecule has 0 aromatic carbocycles. The van der Waals surface area contributed by atoms with E-state index in [0.29, 0.717) is 0 Å². The zero-order chi connectivity index (χ0) is 6.69. The molecule has 0 aliphatic heterocycles. The third-order valence-corrected chi connectivity index (χ3v) is 1.28. The van der Waals surface area contributed by atoms with Crippen LogP contribution in [0.4, 0.5) is 0 Å². The Balaban J connectivity index is 2.94. The highest BCUT2D eigenvalue weighted by Crippen LogP contribution is 1.73. The summed E-state index contributed by atoms with van der Waals surface area (Å²) in [6, 6.07) is 1.98. The molecule has 0 N–H and O–H groups in total. The lowest BCUT2D eigenvalue weighted by Crippen LogP contribution is -2.31. The Labute approximate surface area is 55.2 Å². The van der Waals surface area contributed by atoms with Crippen LogP contribution in [-0.4, -0.2) is 13.7 Å². The molecule has 9 heavy (non-hydrogen) atoms. The number of rotatable bonds is 1. The molecular weight excluding hydrogens is 113 g/mol. The lowest BCUT2D eigenvalue weighted by atomic mass is 9.89. The summed E-state index contributed by atoms with van der Waals surface area (Å²) < 4.78 is 7.04. The Kier molecular flexibility index (Phi) is 1.83. The van der Waals surface area contributed by atoms with E-state index in [9.17, 15) is 0 Å². The quantitative estimate of drug-likeness (QED) is 0.463. The molecule has 3 heteroatoms. The van der Waals surface area contributed by atoms with E-state index >= 15 is 0 Å². The minimum absolute atomic E-state index is 0.153. The third kappa shape index (κ3) is 1.52. The van der Waals surface area contributed by atoms with Crippen LogP contribution in [0.2, 0.25) is 0 Å². The molecule has 0 saturated heterocycles. The number of aromatic nitrogens is 1. The summed E-state index contributed by atoms with van der Waals surface area (Å²) in [7, 11) is 3.68. The molecule has 0 fully saturated rings. The van der Waals surface area contributed by atoms with Crippen LogP contribution in [0.3, 0.4) is 0 Å². The minimum Gasteiger partial charge on any atom is -0.747 e. The van der Waals surface area contributed by atoms with Crippen LogP contribution in [0.1, 0.15) is 0 Å².